The summed E-state index contributed by atoms with van der Waals surface area (Å²) in [5.41, 5.74) is 8.04. The van der Waals surface area contributed by atoms with E-state index in [1.807, 2.05) is 12.1 Å². The number of imidazole rings is 1. The number of aromatic nitrogens is 2. The van der Waals surface area contributed by atoms with Crippen molar-refractivity contribution in [2.75, 3.05) is 12.8 Å². The lowest BCUT2D eigenvalue weighted by Crippen LogP contribution is -2.02. The van der Waals surface area contributed by atoms with E-state index in [0.717, 1.165) is 15.5 Å². The Morgan fingerprint density at radius 2 is 2.05 bits per heavy atom. The van der Waals surface area contributed by atoms with Crippen molar-refractivity contribution in [1.29, 1.82) is 0 Å². The van der Waals surface area contributed by atoms with Gasteiger partial charge in [0.1, 0.15) is 11.6 Å². The fourth-order valence-corrected chi connectivity index (χ4v) is 2.53. The second-order valence-corrected chi connectivity index (χ2v) is 5.11. The first-order valence-corrected chi connectivity index (χ1v) is 6.67. The minimum absolute atomic E-state index is 0.291. The van der Waals surface area contributed by atoms with Gasteiger partial charge >= 0.3 is 0 Å². The molecule has 0 atom stereocenters. The fourth-order valence-electron chi connectivity index (χ4n) is 2.11. The summed E-state index contributed by atoms with van der Waals surface area (Å²) in [5, 5.41) is 0. The van der Waals surface area contributed by atoms with Crippen molar-refractivity contribution in [2.45, 2.75) is 0 Å². The molecule has 6 heteroatoms. The molecule has 0 spiro atoms. The number of nitrogen functional groups attached to an aromatic ring is 1. The maximum atomic E-state index is 13.5. The number of anilines is 1. The van der Waals surface area contributed by atoms with Crippen LogP contribution < -0.4 is 10.5 Å². The fraction of sp³-hybridized carbons (Fsp3) is 0.0714. The van der Waals surface area contributed by atoms with Crippen LogP contribution in [0.15, 0.2) is 40.9 Å². The van der Waals surface area contributed by atoms with Crippen LogP contribution in [-0.4, -0.2) is 16.7 Å². The molecule has 0 aliphatic heterocycles. The van der Waals surface area contributed by atoms with Crippen LogP contribution in [0.1, 0.15) is 0 Å². The third kappa shape index (κ3) is 2.02. The van der Waals surface area contributed by atoms with E-state index < -0.39 is 0 Å². The highest BCUT2D eigenvalue weighted by atomic mass is 79.9. The largest absolute Gasteiger partial charge is 0.497 e. The lowest BCUT2D eigenvalue weighted by Gasteiger charge is -2.09. The van der Waals surface area contributed by atoms with Crippen LogP contribution in [0, 0.1) is 5.82 Å². The van der Waals surface area contributed by atoms with Crippen LogP contribution in [0.3, 0.4) is 0 Å². The maximum Gasteiger partial charge on any atom is 0.205 e. The molecule has 1 heterocycles. The first kappa shape index (κ1) is 12.9. The summed E-state index contributed by atoms with van der Waals surface area (Å²) < 4.78 is 21.1. The third-order valence-corrected chi connectivity index (χ3v) is 3.71. The van der Waals surface area contributed by atoms with Crippen LogP contribution in [0.2, 0.25) is 0 Å². The number of hydrogen-bond acceptors (Lipinski definition) is 3. The lowest BCUT2D eigenvalue weighted by atomic mass is 10.2. The Kier molecular flexibility index (Phi) is 3.10. The van der Waals surface area contributed by atoms with E-state index in [0.29, 0.717) is 17.4 Å². The van der Waals surface area contributed by atoms with E-state index in [9.17, 15) is 4.39 Å². The van der Waals surface area contributed by atoms with Gasteiger partial charge < -0.3 is 10.5 Å². The zero-order valence-electron chi connectivity index (χ0n) is 10.6. The van der Waals surface area contributed by atoms with Gasteiger partial charge in [0.05, 0.1) is 23.8 Å². The highest BCUT2D eigenvalue weighted by Gasteiger charge is 2.14. The van der Waals surface area contributed by atoms with Crippen molar-refractivity contribution in [1.82, 2.24) is 9.55 Å². The van der Waals surface area contributed by atoms with Crippen LogP contribution >= 0.6 is 15.9 Å². The van der Waals surface area contributed by atoms with Crippen LogP contribution in [-0.2, 0) is 0 Å². The lowest BCUT2D eigenvalue weighted by molar-refractivity contribution is 0.415. The number of nitrogens with zero attached hydrogens (tertiary/aromatic N) is 2. The Hall–Kier alpha value is -2.08. The summed E-state index contributed by atoms with van der Waals surface area (Å²) in [4.78, 5) is 4.28. The summed E-state index contributed by atoms with van der Waals surface area (Å²) in [5.74, 6) is 0.637. The van der Waals surface area contributed by atoms with Crippen molar-refractivity contribution < 1.29 is 9.13 Å². The summed E-state index contributed by atoms with van der Waals surface area (Å²) >= 11 is 3.41. The van der Waals surface area contributed by atoms with E-state index in [-0.39, 0.29) is 5.82 Å². The molecule has 2 N–H and O–H groups in total. The molecule has 1 aromatic heterocycles. The molecule has 2 aromatic carbocycles. The quantitative estimate of drug-likeness (QED) is 0.779. The van der Waals surface area contributed by atoms with E-state index in [2.05, 4.69) is 20.9 Å². The summed E-state index contributed by atoms with van der Waals surface area (Å²) in [6, 6.07) is 9.85. The van der Waals surface area contributed by atoms with Gasteiger partial charge in [0, 0.05) is 10.5 Å². The molecule has 102 valence electrons. The van der Waals surface area contributed by atoms with Gasteiger partial charge in [-0.25, -0.2) is 9.37 Å². The minimum atomic E-state index is -0.340. The van der Waals surface area contributed by atoms with E-state index in [4.69, 9.17) is 10.5 Å². The SMILES string of the molecule is COc1ccc2nc(N)n(-c3cc(F)ccc3Br)c2c1. The minimum Gasteiger partial charge on any atom is -0.497 e. The predicted molar refractivity (Wildman–Crippen MR) is 79.7 cm³/mol. The van der Waals surface area contributed by atoms with Gasteiger partial charge in [-0.3, -0.25) is 4.57 Å². The van der Waals surface area contributed by atoms with Gasteiger partial charge in [0.25, 0.3) is 0 Å². The summed E-state index contributed by atoms with van der Waals surface area (Å²) in [6.07, 6.45) is 0. The smallest absolute Gasteiger partial charge is 0.205 e. The first-order valence-electron chi connectivity index (χ1n) is 5.87. The topological polar surface area (TPSA) is 53.1 Å². The third-order valence-electron chi connectivity index (χ3n) is 3.04. The molecular weight excluding hydrogens is 325 g/mol. The highest BCUT2D eigenvalue weighted by molar-refractivity contribution is 9.10. The van der Waals surface area contributed by atoms with Gasteiger partial charge in [-0.1, -0.05) is 0 Å². The normalized spacial score (nSPS) is 10.9. The molecule has 0 bridgehead atoms. The van der Waals surface area contributed by atoms with E-state index in [1.54, 1.807) is 23.8 Å². The molecule has 3 aromatic rings. The van der Waals surface area contributed by atoms with Gasteiger partial charge in [-0.05, 0) is 46.3 Å². The molecule has 0 radical (unpaired) electrons. The number of methoxy groups -OCH3 is 1. The Labute approximate surface area is 123 Å². The van der Waals surface area contributed by atoms with Crippen LogP contribution in [0.25, 0.3) is 16.7 Å². The van der Waals surface area contributed by atoms with E-state index in [1.165, 1.54) is 12.1 Å². The predicted octanol–water partition coefficient (Wildman–Crippen LogP) is 3.52. The molecule has 0 unspecified atom stereocenters. The molecule has 3 rings (SSSR count). The van der Waals surface area contributed by atoms with Crippen molar-refractivity contribution in [3.63, 3.8) is 0 Å². The number of nitrogens with two attached hydrogens (primary N) is 1. The van der Waals surface area contributed by atoms with Crippen LogP contribution in [0.5, 0.6) is 5.75 Å². The van der Waals surface area contributed by atoms with Crippen molar-refractivity contribution in [2.24, 2.45) is 0 Å². The maximum absolute atomic E-state index is 13.5. The second-order valence-electron chi connectivity index (χ2n) is 4.26. The van der Waals surface area contributed by atoms with Crippen molar-refractivity contribution in [3.8, 4) is 11.4 Å². The molecule has 0 aliphatic carbocycles. The standard InChI is InChI=1S/C14H11BrFN3O/c1-20-9-3-5-11-13(7-9)19(14(17)18-11)12-6-8(16)2-4-10(12)15/h2-7H,1H3,(H2,17,18). The first-order chi connectivity index (χ1) is 9.60. The zero-order chi connectivity index (χ0) is 14.3. The molecule has 20 heavy (non-hydrogen) atoms. The number of ether oxygens (including phenoxy) is 1. The summed E-state index contributed by atoms with van der Waals surface area (Å²) in [7, 11) is 1.59. The molecular formula is C14H11BrFN3O. The van der Waals surface area contributed by atoms with Gasteiger partial charge in [0.2, 0.25) is 5.95 Å². The Morgan fingerprint density at radius 3 is 2.80 bits per heavy atom. The highest BCUT2D eigenvalue weighted by Crippen LogP contribution is 2.30. The van der Waals surface area contributed by atoms with E-state index >= 15 is 0 Å². The Balaban J connectivity index is 2.34. The van der Waals surface area contributed by atoms with Gasteiger partial charge in [0.15, 0.2) is 0 Å². The molecule has 0 saturated carbocycles. The second kappa shape index (κ2) is 4.79. The molecule has 4 nitrogen and oxygen atoms in total. The number of halogens is 2. The van der Waals surface area contributed by atoms with Gasteiger partial charge in [-0.15, -0.1) is 0 Å². The Bertz CT molecular complexity index is 800. The Morgan fingerprint density at radius 1 is 1.25 bits per heavy atom. The zero-order valence-corrected chi connectivity index (χ0v) is 12.2. The number of fused-ring (bicyclic) bond motifs is 1. The average Bonchev–Trinajstić information content (AvgIpc) is 2.76. The molecule has 0 aliphatic rings. The van der Waals surface area contributed by atoms with Crippen molar-refractivity contribution >= 4 is 32.9 Å². The van der Waals surface area contributed by atoms with Crippen LogP contribution in [0.4, 0.5) is 10.3 Å². The van der Waals surface area contributed by atoms with Crippen molar-refractivity contribution in [3.05, 3.63) is 46.7 Å². The average molecular weight is 336 g/mol. The summed E-state index contributed by atoms with van der Waals surface area (Å²) in [6.45, 7) is 0. The molecule has 0 fully saturated rings. The van der Waals surface area contributed by atoms with Gasteiger partial charge in [-0.2, -0.15) is 0 Å². The molecule has 0 saturated heterocycles. The number of hydrogen-bond donors (Lipinski definition) is 1. The molecule has 0 amide bonds. The number of rotatable bonds is 2. The number of benzene rings is 2. The monoisotopic (exact) mass is 335 g/mol.